The van der Waals surface area contributed by atoms with E-state index in [-0.39, 0.29) is 0 Å². The fourth-order valence-electron chi connectivity index (χ4n) is 1.64. The summed E-state index contributed by atoms with van der Waals surface area (Å²) < 4.78 is 2.11. The molecule has 0 aliphatic carbocycles. The van der Waals surface area contributed by atoms with Gasteiger partial charge in [-0.2, -0.15) is 0 Å². The van der Waals surface area contributed by atoms with E-state index >= 15 is 0 Å². The first-order valence-electron chi connectivity index (χ1n) is 5.21. The molecule has 2 heteroatoms. The normalized spacial score (nSPS) is 10.8. The lowest BCUT2D eigenvalue weighted by atomic mass is 10.2. The van der Waals surface area contributed by atoms with Crippen LogP contribution in [0.2, 0.25) is 0 Å². The highest BCUT2D eigenvalue weighted by molar-refractivity contribution is 5.73. The van der Waals surface area contributed by atoms with E-state index in [1.165, 1.54) is 11.6 Å². The molecule has 80 valence electrons. The van der Waals surface area contributed by atoms with Gasteiger partial charge in [0.1, 0.15) is 6.29 Å². The minimum atomic E-state index is 0.792. The van der Waals surface area contributed by atoms with Gasteiger partial charge in [0.25, 0.3) is 0 Å². The van der Waals surface area contributed by atoms with Crippen molar-refractivity contribution in [1.29, 1.82) is 0 Å². The number of aldehydes is 1. The molecule has 2 rings (SSSR count). The molecule has 16 heavy (non-hydrogen) atoms. The maximum absolute atomic E-state index is 10.3. The SMILES string of the molecule is O=C/C=C/c1cccn1Cc1ccccc1. The van der Waals surface area contributed by atoms with Gasteiger partial charge in [-0.1, -0.05) is 30.3 Å². The number of allylic oxidation sites excluding steroid dienone is 1. The first kappa shape index (κ1) is 10.4. The van der Waals surface area contributed by atoms with Gasteiger partial charge in [-0.05, 0) is 29.8 Å². The zero-order valence-electron chi connectivity index (χ0n) is 8.91. The summed E-state index contributed by atoms with van der Waals surface area (Å²) in [5, 5.41) is 0. The van der Waals surface area contributed by atoms with Crippen molar-refractivity contribution >= 4 is 12.4 Å². The molecule has 0 fully saturated rings. The standard InChI is InChI=1S/C14H13NO/c16-11-5-9-14-8-4-10-15(14)12-13-6-2-1-3-7-13/h1-11H,12H2/b9-5+. The fraction of sp³-hybridized carbons (Fsp3) is 0.0714. The Morgan fingerprint density at radius 2 is 1.88 bits per heavy atom. The summed E-state index contributed by atoms with van der Waals surface area (Å²) in [6, 6.07) is 14.2. The van der Waals surface area contributed by atoms with Crippen LogP contribution in [0, 0.1) is 0 Å². The van der Waals surface area contributed by atoms with E-state index in [4.69, 9.17) is 0 Å². The lowest BCUT2D eigenvalue weighted by molar-refractivity contribution is -0.104. The second kappa shape index (κ2) is 5.12. The summed E-state index contributed by atoms with van der Waals surface area (Å²) in [5.74, 6) is 0. The average molecular weight is 211 g/mol. The van der Waals surface area contributed by atoms with E-state index in [0.717, 1.165) is 18.5 Å². The molecule has 0 saturated carbocycles. The van der Waals surface area contributed by atoms with Gasteiger partial charge in [0.05, 0.1) is 0 Å². The van der Waals surface area contributed by atoms with Gasteiger partial charge >= 0.3 is 0 Å². The van der Waals surface area contributed by atoms with Gasteiger partial charge < -0.3 is 4.57 Å². The quantitative estimate of drug-likeness (QED) is 0.563. The number of aromatic nitrogens is 1. The van der Waals surface area contributed by atoms with Crippen molar-refractivity contribution in [1.82, 2.24) is 4.57 Å². The molecule has 1 heterocycles. The zero-order valence-corrected chi connectivity index (χ0v) is 8.91. The van der Waals surface area contributed by atoms with Gasteiger partial charge in [-0.25, -0.2) is 0 Å². The molecule has 0 bridgehead atoms. The maximum Gasteiger partial charge on any atom is 0.142 e. The smallest absolute Gasteiger partial charge is 0.142 e. The molecule has 0 amide bonds. The fourth-order valence-corrected chi connectivity index (χ4v) is 1.64. The predicted molar refractivity (Wildman–Crippen MR) is 65.1 cm³/mol. The minimum absolute atomic E-state index is 0.792. The van der Waals surface area contributed by atoms with Crippen LogP contribution in [0.15, 0.2) is 54.7 Å². The molecule has 0 spiro atoms. The predicted octanol–water partition coefficient (Wildman–Crippen LogP) is 2.75. The minimum Gasteiger partial charge on any atom is -0.344 e. The second-order valence-electron chi connectivity index (χ2n) is 3.54. The van der Waals surface area contributed by atoms with Gasteiger partial charge in [0.15, 0.2) is 0 Å². The Morgan fingerprint density at radius 3 is 2.62 bits per heavy atom. The van der Waals surface area contributed by atoms with Crippen LogP contribution < -0.4 is 0 Å². The summed E-state index contributed by atoms with van der Waals surface area (Å²) in [7, 11) is 0. The number of carbonyl (C=O) groups excluding carboxylic acids is 1. The van der Waals surface area contributed by atoms with Gasteiger partial charge in [0, 0.05) is 18.4 Å². The maximum atomic E-state index is 10.3. The first-order valence-corrected chi connectivity index (χ1v) is 5.21. The number of nitrogens with zero attached hydrogens (tertiary/aromatic N) is 1. The Bertz CT molecular complexity index is 482. The molecule has 2 aromatic rings. The van der Waals surface area contributed by atoms with Crippen molar-refractivity contribution in [2.45, 2.75) is 6.54 Å². The van der Waals surface area contributed by atoms with Crippen molar-refractivity contribution in [2.24, 2.45) is 0 Å². The Kier molecular flexibility index (Phi) is 3.34. The van der Waals surface area contributed by atoms with Crippen molar-refractivity contribution in [2.75, 3.05) is 0 Å². The summed E-state index contributed by atoms with van der Waals surface area (Å²) in [6.45, 7) is 0.826. The van der Waals surface area contributed by atoms with E-state index in [1.54, 1.807) is 0 Å². The van der Waals surface area contributed by atoms with Crippen molar-refractivity contribution in [3.05, 3.63) is 66.0 Å². The third-order valence-electron chi connectivity index (χ3n) is 2.41. The van der Waals surface area contributed by atoms with Gasteiger partial charge in [-0.3, -0.25) is 4.79 Å². The monoisotopic (exact) mass is 211 g/mol. The van der Waals surface area contributed by atoms with Crippen molar-refractivity contribution in [3.8, 4) is 0 Å². The highest BCUT2D eigenvalue weighted by Gasteiger charge is 1.97. The van der Waals surface area contributed by atoms with Crippen LogP contribution in [0.1, 0.15) is 11.3 Å². The molecule has 0 saturated heterocycles. The Hall–Kier alpha value is -2.09. The molecule has 1 aromatic carbocycles. The highest BCUT2D eigenvalue weighted by Crippen LogP contribution is 2.08. The molecule has 0 radical (unpaired) electrons. The van der Waals surface area contributed by atoms with E-state index in [2.05, 4.69) is 16.7 Å². The molecular formula is C14H13NO. The second-order valence-corrected chi connectivity index (χ2v) is 3.54. The topological polar surface area (TPSA) is 22.0 Å². The van der Waals surface area contributed by atoms with Crippen LogP contribution in [0.4, 0.5) is 0 Å². The third-order valence-corrected chi connectivity index (χ3v) is 2.41. The van der Waals surface area contributed by atoms with Crippen LogP contribution in [0.25, 0.3) is 6.08 Å². The number of hydrogen-bond acceptors (Lipinski definition) is 1. The molecule has 0 N–H and O–H groups in total. The third kappa shape index (κ3) is 2.48. The van der Waals surface area contributed by atoms with Crippen LogP contribution in [0.5, 0.6) is 0 Å². The summed E-state index contributed by atoms with van der Waals surface area (Å²) in [6.07, 6.45) is 6.13. The highest BCUT2D eigenvalue weighted by atomic mass is 16.1. The molecular weight excluding hydrogens is 198 g/mol. The number of benzene rings is 1. The van der Waals surface area contributed by atoms with E-state index < -0.39 is 0 Å². The zero-order chi connectivity index (χ0) is 11.2. The van der Waals surface area contributed by atoms with Crippen LogP contribution in [0.3, 0.4) is 0 Å². The number of carbonyl (C=O) groups is 1. The van der Waals surface area contributed by atoms with E-state index in [1.807, 2.05) is 42.6 Å². The number of hydrogen-bond donors (Lipinski definition) is 0. The van der Waals surface area contributed by atoms with Crippen molar-refractivity contribution < 1.29 is 4.79 Å². The molecule has 0 atom stereocenters. The molecule has 1 aromatic heterocycles. The van der Waals surface area contributed by atoms with Crippen LogP contribution in [-0.2, 0) is 11.3 Å². The average Bonchev–Trinajstić information content (AvgIpc) is 2.75. The Labute approximate surface area is 94.8 Å². The van der Waals surface area contributed by atoms with Gasteiger partial charge in [-0.15, -0.1) is 0 Å². The lowest BCUT2D eigenvalue weighted by Crippen LogP contribution is -1.99. The summed E-state index contributed by atoms with van der Waals surface area (Å²) in [4.78, 5) is 10.3. The number of rotatable bonds is 4. The molecule has 0 unspecified atom stereocenters. The van der Waals surface area contributed by atoms with Gasteiger partial charge in [0.2, 0.25) is 0 Å². The lowest BCUT2D eigenvalue weighted by Gasteiger charge is -2.06. The van der Waals surface area contributed by atoms with E-state index in [0.29, 0.717) is 0 Å². The van der Waals surface area contributed by atoms with Crippen LogP contribution in [-0.4, -0.2) is 10.9 Å². The first-order chi connectivity index (χ1) is 7.90. The Balaban J connectivity index is 2.19. The molecule has 2 nitrogen and oxygen atoms in total. The summed E-state index contributed by atoms with van der Waals surface area (Å²) in [5.41, 5.74) is 2.29. The molecule has 0 aliphatic rings. The molecule has 0 aliphatic heterocycles. The Morgan fingerprint density at radius 1 is 1.06 bits per heavy atom. The largest absolute Gasteiger partial charge is 0.344 e. The van der Waals surface area contributed by atoms with Crippen molar-refractivity contribution in [3.63, 3.8) is 0 Å². The van der Waals surface area contributed by atoms with E-state index in [9.17, 15) is 4.79 Å². The summed E-state index contributed by atoms with van der Waals surface area (Å²) >= 11 is 0. The van der Waals surface area contributed by atoms with Crippen LogP contribution >= 0.6 is 0 Å².